The van der Waals surface area contributed by atoms with Crippen molar-refractivity contribution >= 4 is 0 Å². The van der Waals surface area contributed by atoms with E-state index in [1.54, 1.807) is 7.11 Å². The summed E-state index contributed by atoms with van der Waals surface area (Å²) < 4.78 is 7.62. The maximum absolute atomic E-state index is 5.32. The van der Waals surface area contributed by atoms with Crippen LogP contribution in [0.15, 0.2) is 61.1 Å². The first kappa shape index (κ1) is 17.7. The molecule has 1 atom stereocenters. The van der Waals surface area contributed by atoms with E-state index in [2.05, 4.69) is 51.0 Å². The number of ether oxygens (including phenoxy) is 1. The van der Waals surface area contributed by atoms with Gasteiger partial charge in [-0.3, -0.25) is 9.88 Å². The van der Waals surface area contributed by atoms with E-state index in [9.17, 15) is 0 Å². The number of hydrogen-bond acceptors (Lipinski definition) is 4. The maximum Gasteiger partial charge on any atom is 0.122 e. The van der Waals surface area contributed by atoms with Crippen molar-refractivity contribution < 1.29 is 4.74 Å². The van der Waals surface area contributed by atoms with Gasteiger partial charge in [0.2, 0.25) is 0 Å². The number of aromatic nitrogens is 3. The van der Waals surface area contributed by atoms with Crippen LogP contribution in [0.5, 0.6) is 5.75 Å². The Morgan fingerprint density at radius 3 is 2.81 bits per heavy atom. The van der Waals surface area contributed by atoms with Gasteiger partial charge in [-0.2, -0.15) is 0 Å². The van der Waals surface area contributed by atoms with Crippen LogP contribution in [0.3, 0.4) is 0 Å². The third kappa shape index (κ3) is 4.37. The van der Waals surface area contributed by atoms with Gasteiger partial charge in [0.05, 0.1) is 12.8 Å². The lowest BCUT2D eigenvalue weighted by molar-refractivity contribution is 0.192. The Kier molecular flexibility index (Phi) is 5.49. The van der Waals surface area contributed by atoms with Gasteiger partial charge in [-0.1, -0.05) is 30.3 Å². The molecule has 0 aliphatic carbocycles. The smallest absolute Gasteiger partial charge is 0.122 e. The number of rotatable bonds is 6. The molecule has 0 amide bonds. The zero-order valence-corrected chi connectivity index (χ0v) is 15.8. The summed E-state index contributed by atoms with van der Waals surface area (Å²) in [4.78, 5) is 11.7. The summed E-state index contributed by atoms with van der Waals surface area (Å²) in [6.45, 7) is 3.86. The SMILES string of the molecule is COc1ccnc(CN2CCC[C@H](c3nccn3Cc3ccccc3)C2)c1. The van der Waals surface area contributed by atoms with Gasteiger partial charge >= 0.3 is 0 Å². The van der Waals surface area contributed by atoms with Crippen molar-refractivity contribution in [3.63, 3.8) is 0 Å². The molecular weight excluding hydrogens is 336 g/mol. The quantitative estimate of drug-likeness (QED) is 0.670. The highest BCUT2D eigenvalue weighted by atomic mass is 16.5. The fourth-order valence-corrected chi connectivity index (χ4v) is 3.90. The van der Waals surface area contributed by atoms with Crippen LogP contribution < -0.4 is 4.74 Å². The van der Waals surface area contributed by atoms with Gasteiger partial charge in [-0.05, 0) is 31.0 Å². The van der Waals surface area contributed by atoms with Crippen LogP contribution in [0.2, 0.25) is 0 Å². The highest BCUT2D eigenvalue weighted by Gasteiger charge is 2.25. The lowest BCUT2D eigenvalue weighted by atomic mass is 9.96. The molecule has 1 aliphatic heterocycles. The Balaban J connectivity index is 1.45. The minimum atomic E-state index is 0.461. The van der Waals surface area contributed by atoms with Crippen molar-refractivity contribution in [3.05, 3.63) is 78.1 Å². The molecule has 27 heavy (non-hydrogen) atoms. The summed E-state index contributed by atoms with van der Waals surface area (Å²) in [5.41, 5.74) is 2.37. The molecule has 2 aromatic heterocycles. The Labute approximate surface area is 160 Å². The van der Waals surface area contributed by atoms with Gasteiger partial charge in [0, 0.05) is 50.2 Å². The average Bonchev–Trinajstić information content (AvgIpc) is 3.17. The predicted octanol–water partition coefficient (Wildman–Crippen LogP) is 3.71. The second-order valence-electron chi connectivity index (χ2n) is 7.16. The van der Waals surface area contributed by atoms with Gasteiger partial charge in [-0.15, -0.1) is 0 Å². The molecule has 0 bridgehead atoms. The summed E-state index contributed by atoms with van der Waals surface area (Å²) in [5, 5.41) is 0. The summed E-state index contributed by atoms with van der Waals surface area (Å²) in [6, 6.07) is 14.5. The molecule has 0 unspecified atom stereocenters. The Hall–Kier alpha value is -2.66. The summed E-state index contributed by atoms with van der Waals surface area (Å²) in [6.07, 6.45) is 8.23. The van der Waals surface area contributed by atoms with Crippen LogP contribution in [0.4, 0.5) is 0 Å². The summed E-state index contributed by atoms with van der Waals surface area (Å²) in [5.74, 6) is 2.53. The van der Waals surface area contributed by atoms with Gasteiger partial charge in [0.1, 0.15) is 11.6 Å². The van der Waals surface area contributed by atoms with Gasteiger partial charge in [0.25, 0.3) is 0 Å². The zero-order chi connectivity index (χ0) is 18.5. The van der Waals surface area contributed by atoms with Crippen molar-refractivity contribution in [1.29, 1.82) is 0 Å². The molecule has 1 saturated heterocycles. The number of piperidine rings is 1. The number of pyridine rings is 1. The molecule has 5 nitrogen and oxygen atoms in total. The first-order chi connectivity index (χ1) is 13.3. The minimum absolute atomic E-state index is 0.461. The number of methoxy groups -OCH3 is 1. The van der Waals surface area contributed by atoms with Crippen molar-refractivity contribution in [2.45, 2.75) is 31.8 Å². The topological polar surface area (TPSA) is 43.2 Å². The molecule has 1 fully saturated rings. The predicted molar refractivity (Wildman–Crippen MR) is 106 cm³/mol. The van der Waals surface area contributed by atoms with E-state index < -0.39 is 0 Å². The third-order valence-electron chi connectivity index (χ3n) is 5.22. The highest BCUT2D eigenvalue weighted by Crippen LogP contribution is 2.27. The highest BCUT2D eigenvalue weighted by molar-refractivity contribution is 5.22. The molecule has 5 heteroatoms. The molecule has 3 heterocycles. The maximum atomic E-state index is 5.32. The second kappa shape index (κ2) is 8.35. The van der Waals surface area contributed by atoms with Crippen LogP contribution in [-0.2, 0) is 13.1 Å². The molecular formula is C22H26N4O. The van der Waals surface area contributed by atoms with Crippen molar-refractivity contribution in [2.24, 2.45) is 0 Å². The lowest BCUT2D eigenvalue weighted by Crippen LogP contribution is -2.35. The number of hydrogen-bond donors (Lipinski definition) is 0. The van der Waals surface area contributed by atoms with Crippen molar-refractivity contribution in [3.8, 4) is 5.75 Å². The van der Waals surface area contributed by atoms with Crippen LogP contribution in [-0.4, -0.2) is 39.6 Å². The summed E-state index contributed by atoms with van der Waals surface area (Å²) in [7, 11) is 1.70. The molecule has 0 N–H and O–H groups in total. The molecule has 1 aromatic carbocycles. The largest absolute Gasteiger partial charge is 0.497 e. The molecule has 4 rings (SSSR count). The van der Waals surface area contributed by atoms with Crippen molar-refractivity contribution in [1.82, 2.24) is 19.4 Å². The fraction of sp³-hybridized carbons (Fsp3) is 0.364. The van der Waals surface area contributed by atoms with Gasteiger partial charge in [0.15, 0.2) is 0 Å². The Morgan fingerprint density at radius 2 is 1.96 bits per heavy atom. The number of likely N-dealkylation sites (tertiary alicyclic amines) is 1. The van der Waals surface area contributed by atoms with Crippen LogP contribution in [0.25, 0.3) is 0 Å². The van der Waals surface area contributed by atoms with E-state index in [0.717, 1.165) is 37.6 Å². The number of benzene rings is 1. The molecule has 0 saturated carbocycles. The van der Waals surface area contributed by atoms with Crippen LogP contribution in [0.1, 0.15) is 35.8 Å². The number of imidazole rings is 1. The van der Waals surface area contributed by atoms with Crippen LogP contribution >= 0.6 is 0 Å². The molecule has 3 aromatic rings. The third-order valence-corrected chi connectivity index (χ3v) is 5.22. The monoisotopic (exact) mass is 362 g/mol. The second-order valence-corrected chi connectivity index (χ2v) is 7.16. The van der Waals surface area contributed by atoms with Crippen molar-refractivity contribution in [2.75, 3.05) is 20.2 Å². The first-order valence-corrected chi connectivity index (χ1v) is 9.58. The standard InChI is InChI=1S/C22H26N4O/c1-27-21-9-10-23-20(14-21)17-25-12-5-8-19(16-25)22-24-11-13-26(22)15-18-6-3-2-4-7-18/h2-4,6-7,9-11,13-14,19H,5,8,12,15-17H2,1H3/t19-/m0/s1. The Bertz CT molecular complexity index is 862. The lowest BCUT2D eigenvalue weighted by Gasteiger charge is -2.32. The van der Waals surface area contributed by atoms with E-state index in [1.807, 2.05) is 24.5 Å². The average molecular weight is 362 g/mol. The van der Waals surface area contributed by atoms with Crippen LogP contribution in [0, 0.1) is 0 Å². The molecule has 0 radical (unpaired) electrons. The van der Waals surface area contributed by atoms with Gasteiger partial charge < -0.3 is 9.30 Å². The molecule has 0 spiro atoms. The molecule has 140 valence electrons. The fourth-order valence-electron chi connectivity index (χ4n) is 3.90. The molecule has 1 aliphatic rings. The normalized spacial score (nSPS) is 17.7. The minimum Gasteiger partial charge on any atom is -0.497 e. The van der Waals surface area contributed by atoms with E-state index in [4.69, 9.17) is 9.72 Å². The number of nitrogens with zero attached hydrogens (tertiary/aromatic N) is 4. The van der Waals surface area contributed by atoms with Gasteiger partial charge in [-0.25, -0.2) is 4.98 Å². The van der Waals surface area contributed by atoms with E-state index in [-0.39, 0.29) is 0 Å². The van der Waals surface area contributed by atoms with E-state index >= 15 is 0 Å². The summed E-state index contributed by atoms with van der Waals surface area (Å²) >= 11 is 0. The first-order valence-electron chi connectivity index (χ1n) is 9.58. The Morgan fingerprint density at radius 1 is 1.07 bits per heavy atom. The van der Waals surface area contributed by atoms with E-state index in [0.29, 0.717) is 5.92 Å². The van der Waals surface area contributed by atoms with E-state index in [1.165, 1.54) is 24.2 Å². The zero-order valence-electron chi connectivity index (χ0n) is 15.8.